The molecule has 2 aliphatic carbocycles. The van der Waals surface area contributed by atoms with Gasteiger partial charge in [-0.1, -0.05) is 28.1 Å². The molecule has 0 saturated heterocycles. The first kappa shape index (κ1) is 12.8. The van der Waals surface area contributed by atoms with Crippen LogP contribution in [-0.4, -0.2) is 5.91 Å². The molecule has 2 bridgehead atoms. The summed E-state index contributed by atoms with van der Waals surface area (Å²) in [5.74, 6) is -1.33. The Hall–Kier alpha value is -1.23. The Bertz CT molecular complexity index is 550. The second-order valence-electron chi connectivity index (χ2n) is 5.12. The number of hydrogen-bond acceptors (Lipinski definition) is 1. The minimum atomic E-state index is -0.765. The lowest BCUT2D eigenvalue weighted by molar-refractivity contribution is -0.120. The topological polar surface area (TPSA) is 29.1 Å². The molecule has 3 atom stereocenters. The van der Waals surface area contributed by atoms with Crippen molar-refractivity contribution in [3.8, 4) is 0 Å². The van der Waals surface area contributed by atoms with E-state index in [4.69, 9.17) is 0 Å². The van der Waals surface area contributed by atoms with Crippen LogP contribution < -0.4 is 5.32 Å². The van der Waals surface area contributed by atoms with Gasteiger partial charge in [-0.3, -0.25) is 4.79 Å². The summed E-state index contributed by atoms with van der Waals surface area (Å²) in [6.45, 7) is 0. The zero-order valence-corrected chi connectivity index (χ0v) is 11.6. The van der Waals surface area contributed by atoms with Gasteiger partial charge in [0.15, 0.2) is 11.6 Å². The molecule has 1 aromatic rings. The average molecular weight is 328 g/mol. The third-order valence-electron chi connectivity index (χ3n) is 3.87. The molecule has 1 fully saturated rings. The Morgan fingerprint density at radius 1 is 1.21 bits per heavy atom. The molecule has 0 aromatic heterocycles. The lowest BCUT2D eigenvalue weighted by atomic mass is 9.93. The zero-order valence-electron chi connectivity index (χ0n) is 10.00. The molecule has 2 nitrogen and oxygen atoms in total. The Labute approximate surface area is 118 Å². The van der Waals surface area contributed by atoms with Crippen molar-refractivity contribution in [1.82, 2.24) is 0 Å². The number of anilines is 1. The van der Waals surface area contributed by atoms with E-state index in [9.17, 15) is 13.6 Å². The van der Waals surface area contributed by atoms with Crippen LogP contribution in [0.25, 0.3) is 0 Å². The highest BCUT2D eigenvalue weighted by atomic mass is 79.9. The van der Waals surface area contributed by atoms with E-state index < -0.39 is 11.6 Å². The van der Waals surface area contributed by atoms with Crippen molar-refractivity contribution >= 4 is 27.5 Å². The van der Waals surface area contributed by atoms with Crippen LogP contribution in [0.5, 0.6) is 0 Å². The highest BCUT2D eigenvalue weighted by molar-refractivity contribution is 9.10. The number of carbonyl (C=O) groups excluding carboxylic acids is 1. The van der Waals surface area contributed by atoms with Gasteiger partial charge in [-0.25, -0.2) is 8.78 Å². The molecule has 0 radical (unpaired) electrons. The van der Waals surface area contributed by atoms with Gasteiger partial charge in [-0.2, -0.15) is 0 Å². The smallest absolute Gasteiger partial charge is 0.228 e. The second-order valence-corrected chi connectivity index (χ2v) is 6.04. The SMILES string of the molecule is O=C(Nc1c(F)cc(Br)cc1F)C1CC2C=CC1C2. The lowest BCUT2D eigenvalue weighted by Crippen LogP contribution is -2.26. The maximum Gasteiger partial charge on any atom is 0.228 e. The maximum absolute atomic E-state index is 13.6. The van der Waals surface area contributed by atoms with Gasteiger partial charge < -0.3 is 5.32 Å². The number of allylic oxidation sites excluding steroid dienone is 2. The number of hydrogen-bond donors (Lipinski definition) is 1. The first-order chi connectivity index (χ1) is 9.04. The van der Waals surface area contributed by atoms with Crippen molar-refractivity contribution in [2.24, 2.45) is 17.8 Å². The van der Waals surface area contributed by atoms with Crippen molar-refractivity contribution in [3.63, 3.8) is 0 Å². The Morgan fingerprint density at radius 2 is 1.89 bits per heavy atom. The molecule has 3 unspecified atom stereocenters. The fraction of sp³-hybridized carbons (Fsp3) is 0.357. The molecule has 0 spiro atoms. The molecule has 1 amide bonds. The minimum absolute atomic E-state index is 0.169. The van der Waals surface area contributed by atoms with Gasteiger partial charge >= 0.3 is 0 Å². The maximum atomic E-state index is 13.6. The van der Waals surface area contributed by atoms with Crippen LogP contribution in [-0.2, 0) is 4.79 Å². The van der Waals surface area contributed by atoms with Crippen LogP contribution in [0.4, 0.5) is 14.5 Å². The molecule has 3 rings (SSSR count). The van der Waals surface area contributed by atoms with E-state index in [0.717, 1.165) is 25.0 Å². The highest BCUT2D eigenvalue weighted by Gasteiger charge is 2.40. The van der Waals surface area contributed by atoms with E-state index in [-0.39, 0.29) is 23.4 Å². The van der Waals surface area contributed by atoms with Crippen LogP contribution in [0, 0.1) is 29.4 Å². The molecule has 2 aliphatic rings. The third-order valence-corrected chi connectivity index (χ3v) is 4.33. The van der Waals surface area contributed by atoms with Crippen LogP contribution in [0.3, 0.4) is 0 Å². The van der Waals surface area contributed by atoms with Gasteiger partial charge in [0.25, 0.3) is 0 Å². The number of fused-ring (bicyclic) bond motifs is 2. The fourth-order valence-corrected chi connectivity index (χ4v) is 3.36. The Balaban J connectivity index is 1.79. The van der Waals surface area contributed by atoms with E-state index in [1.54, 1.807) is 0 Å². The van der Waals surface area contributed by atoms with E-state index in [1.165, 1.54) is 0 Å². The van der Waals surface area contributed by atoms with Gasteiger partial charge in [0, 0.05) is 10.4 Å². The Kier molecular flexibility index (Phi) is 3.17. The summed E-state index contributed by atoms with van der Waals surface area (Å²) in [5.41, 5.74) is -0.361. The number of amides is 1. The summed E-state index contributed by atoms with van der Waals surface area (Å²) in [6.07, 6.45) is 5.90. The molecular formula is C14H12BrF2NO. The molecule has 0 aliphatic heterocycles. The molecule has 1 aromatic carbocycles. The summed E-state index contributed by atoms with van der Waals surface area (Å²) in [7, 11) is 0. The molecule has 100 valence electrons. The molecule has 19 heavy (non-hydrogen) atoms. The van der Waals surface area contributed by atoms with Crippen molar-refractivity contribution in [3.05, 3.63) is 40.4 Å². The van der Waals surface area contributed by atoms with Gasteiger partial charge in [0.2, 0.25) is 5.91 Å². The summed E-state index contributed by atoms with van der Waals surface area (Å²) in [5, 5.41) is 2.39. The largest absolute Gasteiger partial charge is 0.321 e. The zero-order chi connectivity index (χ0) is 13.6. The first-order valence-corrected chi connectivity index (χ1v) is 6.97. The normalized spacial score (nSPS) is 27.8. The monoisotopic (exact) mass is 327 g/mol. The number of carbonyl (C=O) groups is 1. The standard InChI is InChI=1S/C14H12BrF2NO/c15-9-5-11(16)13(12(17)6-9)18-14(19)10-4-7-1-2-8(10)3-7/h1-2,5-8,10H,3-4H2,(H,18,19). The third kappa shape index (κ3) is 2.31. The predicted molar refractivity (Wildman–Crippen MR) is 71.5 cm³/mol. The van der Waals surface area contributed by atoms with E-state index >= 15 is 0 Å². The molecule has 1 saturated carbocycles. The average Bonchev–Trinajstić information content (AvgIpc) is 2.95. The van der Waals surface area contributed by atoms with E-state index in [0.29, 0.717) is 10.4 Å². The van der Waals surface area contributed by atoms with Crippen molar-refractivity contribution in [1.29, 1.82) is 0 Å². The summed E-state index contributed by atoms with van der Waals surface area (Å²) < 4.78 is 27.6. The van der Waals surface area contributed by atoms with Crippen molar-refractivity contribution < 1.29 is 13.6 Å². The van der Waals surface area contributed by atoms with Gasteiger partial charge in [-0.15, -0.1) is 0 Å². The number of halogens is 3. The van der Waals surface area contributed by atoms with Gasteiger partial charge in [-0.05, 0) is 36.8 Å². The summed E-state index contributed by atoms with van der Waals surface area (Å²) in [4.78, 5) is 12.1. The number of nitrogens with one attached hydrogen (secondary N) is 1. The summed E-state index contributed by atoms with van der Waals surface area (Å²) in [6, 6.07) is 2.28. The van der Waals surface area contributed by atoms with Gasteiger partial charge in [0.1, 0.15) is 5.69 Å². The number of rotatable bonds is 2. The molecular weight excluding hydrogens is 316 g/mol. The predicted octanol–water partition coefficient (Wildman–Crippen LogP) is 3.88. The van der Waals surface area contributed by atoms with Crippen LogP contribution >= 0.6 is 15.9 Å². The minimum Gasteiger partial charge on any atom is -0.321 e. The quantitative estimate of drug-likeness (QED) is 0.820. The lowest BCUT2D eigenvalue weighted by Gasteiger charge is -2.18. The van der Waals surface area contributed by atoms with Crippen LogP contribution in [0.1, 0.15) is 12.8 Å². The molecule has 0 heterocycles. The highest BCUT2D eigenvalue weighted by Crippen LogP contribution is 2.44. The fourth-order valence-electron chi connectivity index (χ4n) is 2.96. The van der Waals surface area contributed by atoms with Crippen molar-refractivity contribution in [2.45, 2.75) is 12.8 Å². The second kappa shape index (κ2) is 4.71. The Morgan fingerprint density at radius 3 is 2.42 bits per heavy atom. The van der Waals surface area contributed by atoms with E-state index in [2.05, 4.69) is 27.3 Å². The van der Waals surface area contributed by atoms with E-state index in [1.807, 2.05) is 6.08 Å². The van der Waals surface area contributed by atoms with Crippen LogP contribution in [0.2, 0.25) is 0 Å². The van der Waals surface area contributed by atoms with Crippen LogP contribution in [0.15, 0.2) is 28.8 Å². The molecule has 1 N–H and O–H groups in total. The first-order valence-electron chi connectivity index (χ1n) is 6.18. The summed E-state index contributed by atoms with van der Waals surface area (Å²) >= 11 is 3.00. The van der Waals surface area contributed by atoms with Crippen molar-refractivity contribution in [2.75, 3.05) is 5.32 Å². The number of benzene rings is 1. The van der Waals surface area contributed by atoms with Gasteiger partial charge in [0.05, 0.1) is 0 Å². The molecule has 5 heteroatoms.